The summed E-state index contributed by atoms with van der Waals surface area (Å²) in [6, 6.07) is 7.96. The Balaban J connectivity index is 1.58. The summed E-state index contributed by atoms with van der Waals surface area (Å²) in [7, 11) is 1.65. The lowest BCUT2D eigenvalue weighted by molar-refractivity contribution is -0.118. The molecule has 7 heteroatoms. The number of nitrogens with one attached hydrogen (secondary N) is 1. The maximum atomic E-state index is 12.3. The predicted molar refractivity (Wildman–Crippen MR) is 117 cm³/mol. The van der Waals surface area contributed by atoms with E-state index in [2.05, 4.69) is 40.0 Å². The molecule has 0 atom stereocenters. The molecule has 156 valence electrons. The highest BCUT2D eigenvalue weighted by Crippen LogP contribution is 2.28. The zero-order valence-electron chi connectivity index (χ0n) is 17.5. The summed E-state index contributed by atoms with van der Waals surface area (Å²) in [5.74, 6) is 1.98. The van der Waals surface area contributed by atoms with Crippen LogP contribution in [-0.2, 0) is 4.79 Å². The van der Waals surface area contributed by atoms with Gasteiger partial charge in [0.05, 0.1) is 12.9 Å². The van der Waals surface area contributed by atoms with E-state index in [0.717, 1.165) is 28.7 Å². The first-order chi connectivity index (χ1) is 14.1. The standard InChI is InChI=1S/C22H30N4O2S/c1-16(2)26-21(18-9-11-19(28-3)12-10-18)24-25-22(26)29-15-20(27)23-14-13-17-7-5-4-6-8-17/h7,9-12,16H,4-6,8,13-15H2,1-3H3,(H,23,27). The van der Waals surface area contributed by atoms with Crippen molar-refractivity contribution in [2.24, 2.45) is 0 Å². The second-order valence-corrected chi connectivity index (χ2v) is 8.44. The van der Waals surface area contributed by atoms with E-state index in [1.165, 1.54) is 43.0 Å². The molecule has 0 bridgehead atoms. The van der Waals surface area contributed by atoms with Gasteiger partial charge in [-0.1, -0.05) is 23.4 Å². The van der Waals surface area contributed by atoms with Gasteiger partial charge in [-0.25, -0.2) is 0 Å². The van der Waals surface area contributed by atoms with Gasteiger partial charge in [0.25, 0.3) is 0 Å². The maximum absolute atomic E-state index is 12.3. The number of ether oxygens (including phenoxy) is 1. The molecular formula is C22H30N4O2S. The molecule has 0 unspecified atom stereocenters. The van der Waals surface area contributed by atoms with Crippen LogP contribution in [0.15, 0.2) is 41.1 Å². The number of carbonyl (C=O) groups is 1. The van der Waals surface area contributed by atoms with Crippen LogP contribution in [0.2, 0.25) is 0 Å². The molecule has 1 N–H and O–H groups in total. The van der Waals surface area contributed by atoms with Crippen molar-refractivity contribution in [1.29, 1.82) is 0 Å². The molecular weight excluding hydrogens is 384 g/mol. The van der Waals surface area contributed by atoms with Gasteiger partial charge in [0, 0.05) is 18.2 Å². The highest BCUT2D eigenvalue weighted by atomic mass is 32.2. The second-order valence-electron chi connectivity index (χ2n) is 7.50. The normalized spacial score (nSPS) is 14.0. The molecule has 3 rings (SSSR count). The molecule has 2 aromatic rings. The van der Waals surface area contributed by atoms with Crippen molar-refractivity contribution >= 4 is 17.7 Å². The number of methoxy groups -OCH3 is 1. The molecule has 0 aliphatic heterocycles. The third-order valence-electron chi connectivity index (χ3n) is 5.01. The van der Waals surface area contributed by atoms with Crippen LogP contribution >= 0.6 is 11.8 Å². The van der Waals surface area contributed by atoms with Crippen LogP contribution in [0, 0.1) is 0 Å². The van der Waals surface area contributed by atoms with Gasteiger partial charge in [-0.3, -0.25) is 9.36 Å². The Labute approximate surface area is 177 Å². The quantitative estimate of drug-likeness (QED) is 0.478. The first kappa shape index (κ1) is 21.4. The molecule has 1 amide bonds. The van der Waals surface area contributed by atoms with Crippen LogP contribution in [0.5, 0.6) is 5.75 Å². The van der Waals surface area contributed by atoms with Gasteiger partial charge in [0.15, 0.2) is 11.0 Å². The minimum atomic E-state index is 0.0377. The average molecular weight is 415 g/mol. The molecule has 1 aliphatic carbocycles. The number of nitrogens with zero attached hydrogens (tertiary/aromatic N) is 3. The Morgan fingerprint density at radius 3 is 2.69 bits per heavy atom. The van der Waals surface area contributed by atoms with Crippen LogP contribution in [0.3, 0.4) is 0 Å². The Morgan fingerprint density at radius 2 is 2.03 bits per heavy atom. The lowest BCUT2D eigenvalue weighted by atomic mass is 9.97. The molecule has 29 heavy (non-hydrogen) atoms. The van der Waals surface area contributed by atoms with Gasteiger partial charge in [0.2, 0.25) is 5.91 Å². The zero-order valence-corrected chi connectivity index (χ0v) is 18.3. The number of benzene rings is 1. The molecule has 0 radical (unpaired) electrons. The molecule has 1 heterocycles. The summed E-state index contributed by atoms with van der Waals surface area (Å²) in [5.41, 5.74) is 2.46. The van der Waals surface area contributed by atoms with Crippen molar-refractivity contribution in [1.82, 2.24) is 20.1 Å². The average Bonchev–Trinajstić information content (AvgIpc) is 3.17. The Morgan fingerprint density at radius 1 is 1.24 bits per heavy atom. The van der Waals surface area contributed by atoms with E-state index in [0.29, 0.717) is 12.3 Å². The van der Waals surface area contributed by atoms with Crippen molar-refractivity contribution in [2.75, 3.05) is 19.4 Å². The summed E-state index contributed by atoms with van der Waals surface area (Å²) < 4.78 is 7.30. The summed E-state index contributed by atoms with van der Waals surface area (Å²) in [6.45, 7) is 4.90. The van der Waals surface area contributed by atoms with E-state index in [-0.39, 0.29) is 11.9 Å². The Bertz CT molecular complexity index is 843. The number of allylic oxidation sites excluding steroid dienone is 1. The predicted octanol–water partition coefficient (Wildman–Crippen LogP) is 4.63. The van der Waals surface area contributed by atoms with E-state index in [1.807, 2.05) is 24.3 Å². The van der Waals surface area contributed by atoms with Gasteiger partial charge in [-0.05, 0) is 70.2 Å². The fraction of sp³-hybridized carbons (Fsp3) is 0.500. The van der Waals surface area contributed by atoms with E-state index in [1.54, 1.807) is 7.11 Å². The second kappa shape index (κ2) is 10.5. The molecule has 1 aromatic heterocycles. The van der Waals surface area contributed by atoms with E-state index in [4.69, 9.17) is 4.74 Å². The molecule has 1 aromatic carbocycles. The van der Waals surface area contributed by atoms with Gasteiger partial charge in [-0.15, -0.1) is 10.2 Å². The summed E-state index contributed by atoms with van der Waals surface area (Å²) in [5, 5.41) is 12.5. The SMILES string of the molecule is COc1ccc(-c2nnc(SCC(=O)NCCC3=CCCCC3)n2C(C)C)cc1. The van der Waals surface area contributed by atoms with Crippen molar-refractivity contribution in [3.05, 3.63) is 35.9 Å². The number of hydrogen-bond acceptors (Lipinski definition) is 5. The van der Waals surface area contributed by atoms with Crippen molar-refractivity contribution in [3.63, 3.8) is 0 Å². The highest BCUT2D eigenvalue weighted by molar-refractivity contribution is 7.99. The number of rotatable bonds is 9. The summed E-state index contributed by atoms with van der Waals surface area (Å²) >= 11 is 1.43. The molecule has 0 fully saturated rings. The number of hydrogen-bond donors (Lipinski definition) is 1. The van der Waals surface area contributed by atoms with Crippen LogP contribution in [-0.4, -0.2) is 40.1 Å². The van der Waals surface area contributed by atoms with Gasteiger partial charge < -0.3 is 10.1 Å². The molecule has 1 aliphatic rings. The monoisotopic (exact) mass is 414 g/mol. The third kappa shape index (κ3) is 5.85. The molecule has 6 nitrogen and oxygen atoms in total. The molecule has 0 spiro atoms. The first-order valence-corrected chi connectivity index (χ1v) is 11.2. The van der Waals surface area contributed by atoms with E-state index in [9.17, 15) is 4.79 Å². The Hall–Kier alpha value is -2.28. The highest BCUT2D eigenvalue weighted by Gasteiger charge is 2.18. The maximum Gasteiger partial charge on any atom is 0.230 e. The summed E-state index contributed by atoms with van der Waals surface area (Å²) in [6.07, 6.45) is 8.21. The summed E-state index contributed by atoms with van der Waals surface area (Å²) in [4.78, 5) is 12.3. The smallest absolute Gasteiger partial charge is 0.230 e. The number of carbonyl (C=O) groups excluding carboxylic acids is 1. The third-order valence-corrected chi connectivity index (χ3v) is 5.96. The van der Waals surface area contributed by atoms with E-state index >= 15 is 0 Å². The number of aromatic nitrogens is 3. The fourth-order valence-corrected chi connectivity index (χ4v) is 4.35. The topological polar surface area (TPSA) is 69.0 Å². The van der Waals surface area contributed by atoms with Crippen LogP contribution in [0.1, 0.15) is 52.0 Å². The first-order valence-electron chi connectivity index (χ1n) is 10.2. The lowest BCUT2D eigenvalue weighted by Crippen LogP contribution is -2.26. The van der Waals surface area contributed by atoms with Gasteiger partial charge in [-0.2, -0.15) is 0 Å². The zero-order chi connectivity index (χ0) is 20.6. The fourth-order valence-electron chi connectivity index (χ4n) is 3.45. The minimum Gasteiger partial charge on any atom is -0.497 e. The molecule has 0 saturated carbocycles. The van der Waals surface area contributed by atoms with Gasteiger partial charge >= 0.3 is 0 Å². The minimum absolute atomic E-state index is 0.0377. The molecule has 0 saturated heterocycles. The van der Waals surface area contributed by atoms with Gasteiger partial charge in [0.1, 0.15) is 5.75 Å². The van der Waals surface area contributed by atoms with Crippen molar-refractivity contribution in [3.8, 4) is 17.1 Å². The van der Waals surface area contributed by atoms with Crippen LogP contribution in [0.25, 0.3) is 11.4 Å². The van der Waals surface area contributed by atoms with Crippen molar-refractivity contribution < 1.29 is 9.53 Å². The lowest BCUT2D eigenvalue weighted by Gasteiger charge is -2.14. The number of amides is 1. The van der Waals surface area contributed by atoms with E-state index < -0.39 is 0 Å². The number of thioether (sulfide) groups is 1. The van der Waals surface area contributed by atoms with Crippen molar-refractivity contribution in [2.45, 2.75) is 57.1 Å². The largest absolute Gasteiger partial charge is 0.497 e. The Kier molecular flexibility index (Phi) is 7.75. The van der Waals surface area contributed by atoms with Crippen LogP contribution < -0.4 is 10.1 Å². The van der Waals surface area contributed by atoms with Crippen LogP contribution in [0.4, 0.5) is 0 Å².